The number of para-hydroxylation sites is 1. The van der Waals surface area contributed by atoms with Crippen molar-refractivity contribution in [2.75, 3.05) is 0 Å². The van der Waals surface area contributed by atoms with Gasteiger partial charge in [-0.3, -0.25) is 0 Å². The molecule has 0 bridgehead atoms. The summed E-state index contributed by atoms with van der Waals surface area (Å²) in [6.07, 6.45) is 0. The van der Waals surface area contributed by atoms with Crippen molar-refractivity contribution in [3.63, 3.8) is 0 Å². The third kappa shape index (κ3) is 3.88. The fourth-order valence-electron chi connectivity index (χ4n) is 6.18. The molecular weight excluding hydrogens is 526 g/mol. The van der Waals surface area contributed by atoms with Crippen LogP contribution in [0.1, 0.15) is 0 Å². The summed E-state index contributed by atoms with van der Waals surface area (Å²) in [5.41, 5.74) is 4.52. The molecule has 0 N–H and O–H groups in total. The first-order valence-corrected chi connectivity index (χ1v) is 14.4. The molecule has 0 fully saturated rings. The maximum absolute atomic E-state index is 6.07. The Morgan fingerprint density at radius 1 is 0.326 bits per heavy atom. The molecular formula is C39H23N3O. The molecule has 0 aliphatic heterocycles. The number of fused-ring (bicyclic) bond motifs is 8. The molecule has 9 aromatic rings. The van der Waals surface area contributed by atoms with Crippen molar-refractivity contribution in [1.29, 1.82) is 0 Å². The Bertz CT molecular complexity index is 2510. The predicted octanol–water partition coefficient (Wildman–Crippen LogP) is 10.2. The maximum Gasteiger partial charge on any atom is 0.164 e. The van der Waals surface area contributed by atoms with Crippen LogP contribution in [0.15, 0.2) is 144 Å². The van der Waals surface area contributed by atoms with Crippen molar-refractivity contribution in [1.82, 2.24) is 15.0 Å². The summed E-state index contributed by atoms with van der Waals surface area (Å²) >= 11 is 0. The smallest absolute Gasteiger partial charge is 0.164 e. The highest BCUT2D eigenvalue weighted by Crippen LogP contribution is 2.35. The van der Waals surface area contributed by atoms with Gasteiger partial charge in [0.05, 0.1) is 0 Å². The zero-order valence-corrected chi connectivity index (χ0v) is 23.0. The van der Waals surface area contributed by atoms with Crippen LogP contribution in [0.2, 0.25) is 0 Å². The monoisotopic (exact) mass is 549 g/mol. The van der Waals surface area contributed by atoms with Crippen LogP contribution < -0.4 is 0 Å². The van der Waals surface area contributed by atoms with Crippen LogP contribution >= 0.6 is 0 Å². The van der Waals surface area contributed by atoms with Crippen molar-refractivity contribution in [3.8, 4) is 34.2 Å². The van der Waals surface area contributed by atoms with E-state index in [9.17, 15) is 0 Å². The summed E-state index contributed by atoms with van der Waals surface area (Å²) in [7, 11) is 0. The van der Waals surface area contributed by atoms with Crippen LogP contribution in [-0.2, 0) is 0 Å². The van der Waals surface area contributed by atoms with Crippen LogP contribution in [0.3, 0.4) is 0 Å². The van der Waals surface area contributed by atoms with E-state index in [4.69, 9.17) is 19.4 Å². The minimum Gasteiger partial charge on any atom is -0.456 e. The Morgan fingerprint density at radius 3 is 1.70 bits per heavy atom. The van der Waals surface area contributed by atoms with E-state index in [0.29, 0.717) is 17.5 Å². The van der Waals surface area contributed by atoms with Gasteiger partial charge in [-0.05, 0) is 62.6 Å². The molecule has 9 rings (SSSR count). The molecule has 200 valence electrons. The highest BCUT2D eigenvalue weighted by Gasteiger charge is 2.15. The molecule has 4 nitrogen and oxygen atoms in total. The summed E-state index contributed by atoms with van der Waals surface area (Å²) in [6.45, 7) is 0. The Morgan fingerprint density at radius 2 is 0.884 bits per heavy atom. The number of aromatic nitrogens is 3. The van der Waals surface area contributed by atoms with Crippen molar-refractivity contribution in [3.05, 3.63) is 140 Å². The van der Waals surface area contributed by atoms with E-state index in [0.717, 1.165) is 44.0 Å². The van der Waals surface area contributed by atoms with E-state index in [-0.39, 0.29) is 0 Å². The van der Waals surface area contributed by atoms with E-state index in [1.165, 1.54) is 26.9 Å². The van der Waals surface area contributed by atoms with Gasteiger partial charge >= 0.3 is 0 Å². The number of nitrogens with zero attached hydrogens (tertiary/aromatic N) is 3. The normalized spacial score (nSPS) is 11.7. The number of furan rings is 1. The van der Waals surface area contributed by atoms with Crippen molar-refractivity contribution >= 4 is 54.3 Å². The van der Waals surface area contributed by atoms with Crippen LogP contribution in [0.25, 0.3) is 88.4 Å². The van der Waals surface area contributed by atoms with E-state index in [1.807, 2.05) is 60.7 Å². The summed E-state index contributed by atoms with van der Waals surface area (Å²) in [5.74, 6) is 1.91. The number of benzene rings is 7. The van der Waals surface area contributed by atoms with E-state index in [1.54, 1.807) is 0 Å². The maximum atomic E-state index is 6.07. The molecule has 2 aromatic heterocycles. The molecule has 0 atom stereocenters. The Labute approximate surface area is 246 Å². The third-order valence-corrected chi connectivity index (χ3v) is 8.30. The second kappa shape index (κ2) is 9.33. The zero-order valence-electron chi connectivity index (χ0n) is 23.0. The number of hydrogen-bond donors (Lipinski definition) is 0. The lowest BCUT2D eigenvalue weighted by Crippen LogP contribution is -2.00. The molecule has 0 saturated carbocycles. The summed E-state index contributed by atoms with van der Waals surface area (Å²) < 4.78 is 6.07. The average molecular weight is 550 g/mol. The van der Waals surface area contributed by atoms with Gasteiger partial charge in [0.25, 0.3) is 0 Å². The molecule has 0 amide bonds. The van der Waals surface area contributed by atoms with Crippen LogP contribution in [0, 0.1) is 0 Å². The van der Waals surface area contributed by atoms with Gasteiger partial charge in [0.1, 0.15) is 11.2 Å². The fourth-order valence-corrected chi connectivity index (χ4v) is 6.18. The fraction of sp³-hybridized carbons (Fsp3) is 0. The zero-order chi connectivity index (χ0) is 28.3. The molecule has 0 saturated heterocycles. The van der Waals surface area contributed by atoms with Gasteiger partial charge in [0.15, 0.2) is 17.5 Å². The second-order valence-corrected chi connectivity index (χ2v) is 10.9. The molecule has 0 radical (unpaired) electrons. The lowest BCUT2D eigenvalue weighted by Gasteiger charge is -2.11. The highest BCUT2D eigenvalue weighted by atomic mass is 16.3. The average Bonchev–Trinajstić information content (AvgIpc) is 3.46. The second-order valence-electron chi connectivity index (χ2n) is 10.9. The van der Waals surface area contributed by atoms with Crippen LogP contribution in [0.4, 0.5) is 0 Å². The summed E-state index contributed by atoms with van der Waals surface area (Å²) in [6, 6.07) is 48.2. The summed E-state index contributed by atoms with van der Waals surface area (Å²) in [5, 5.41) is 9.49. The van der Waals surface area contributed by atoms with E-state index in [2.05, 4.69) is 78.9 Å². The van der Waals surface area contributed by atoms with Gasteiger partial charge in [0.2, 0.25) is 0 Å². The lowest BCUT2D eigenvalue weighted by molar-refractivity contribution is 0.669. The highest BCUT2D eigenvalue weighted by molar-refractivity contribution is 6.17. The largest absolute Gasteiger partial charge is 0.456 e. The van der Waals surface area contributed by atoms with Crippen LogP contribution in [-0.4, -0.2) is 15.0 Å². The molecule has 4 heteroatoms. The third-order valence-electron chi connectivity index (χ3n) is 8.30. The van der Waals surface area contributed by atoms with Gasteiger partial charge < -0.3 is 4.42 Å². The molecule has 7 aromatic carbocycles. The number of hydrogen-bond acceptors (Lipinski definition) is 4. The minimum atomic E-state index is 0.626. The predicted molar refractivity (Wildman–Crippen MR) is 176 cm³/mol. The Hall–Kier alpha value is -5.87. The number of rotatable bonds is 3. The minimum absolute atomic E-state index is 0.626. The van der Waals surface area contributed by atoms with Gasteiger partial charge in [-0.1, -0.05) is 109 Å². The van der Waals surface area contributed by atoms with Gasteiger partial charge in [-0.2, -0.15) is 0 Å². The van der Waals surface area contributed by atoms with E-state index < -0.39 is 0 Å². The topological polar surface area (TPSA) is 51.8 Å². The Balaban J connectivity index is 1.23. The molecule has 0 aliphatic carbocycles. The van der Waals surface area contributed by atoms with Gasteiger partial charge in [-0.15, -0.1) is 0 Å². The molecule has 0 aliphatic rings. The standard InChI is InChI=1S/C39H23N3O/c1-2-9-25(10-3-1)37-40-38(42-39(41-37)28-17-21-36-34(23-28)33-12-6-7-13-35(33)43-36)27-16-18-30-26(22-27)15-20-31-29-11-5-4-8-24(29)14-19-32(30)31/h1-23H. The molecule has 0 unspecified atom stereocenters. The quantitative estimate of drug-likeness (QED) is 0.206. The lowest BCUT2D eigenvalue weighted by atomic mass is 9.96. The van der Waals surface area contributed by atoms with Crippen molar-refractivity contribution in [2.24, 2.45) is 0 Å². The van der Waals surface area contributed by atoms with Gasteiger partial charge in [-0.25, -0.2) is 15.0 Å². The molecule has 0 spiro atoms. The van der Waals surface area contributed by atoms with Gasteiger partial charge in [0, 0.05) is 27.5 Å². The molecule has 43 heavy (non-hydrogen) atoms. The first-order chi connectivity index (χ1) is 21.3. The SMILES string of the molecule is c1ccc(-c2nc(-c3ccc4c(ccc5c6ccccc6ccc45)c3)nc(-c3ccc4oc5ccccc5c4c3)n2)cc1. The first-order valence-electron chi connectivity index (χ1n) is 14.4. The first kappa shape index (κ1) is 23.8. The van der Waals surface area contributed by atoms with Crippen molar-refractivity contribution in [2.45, 2.75) is 0 Å². The Kier molecular flexibility index (Phi) is 5.16. The summed E-state index contributed by atoms with van der Waals surface area (Å²) in [4.78, 5) is 14.9. The van der Waals surface area contributed by atoms with Crippen LogP contribution in [0.5, 0.6) is 0 Å². The molecule has 2 heterocycles. The van der Waals surface area contributed by atoms with Crippen molar-refractivity contribution < 1.29 is 4.42 Å². The van der Waals surface area contributed by atoms with E-state index >= 15 is 0 Å².